The second-order valence-corrected chi connectivity index (χ2v) is 2.65. The number of pyridine rings is 1. The van der Waals surface area contributed by atoms with Gasteiger partial charge < -0.3 is 10.4 Å². The average Bonchev–Trinajstić information content (AvgIpc) is 2.14. The summed E-state index contributed by atoms with van der Waals surface area (Å²) in [4.78, 5) is 3.74. The molecule has 0 saturated heterocycles. The molecule has 0 spiro atoms. The molecule has 0 aliphatic carbocycles. The van der Waals surface area contributed by atoms with Crippen LogP contribution in [0.15, 0.2) is 24.4 Å². The van der Waals surface area contributed by atoms with Crippen LogP contribution in [0.25, 0.3) is 0 Å². The van der Waals surface area contributed by atoms with E-state index in [0.717, 1.165) is 0 Å². The lowest BCUT2D eigenvalue weighted by molar-refractivity contribution is -0.198. The van der Waals surface area contributed by atoms with Crippen molar-refractivity contribution < 1.29 is 18.3 Å². The van der Waals surface area contributed by atoms with E-state index >= 15 is 0 Å². The van der Waals surface area contributed by atoms with Crippen molar-refractivity contribution in [2.75, 3.05) is 11.9 Å². The Labute approximate surface area is 78.6 Å². The van der Waals surface area contributed by atoms with Crippen molar-refractivity contribution in [3.63, 3.8) is 0 Å². The predicted molar refractivity (Wildman–Crippen MR) is 44.8 cm³/mol. The minimum atomic E-state index is -4.60. The number of aliphatic hydroxyl groups is 1. The van der Waals surface area contributed by atoms with Crippen molar-refractivity contribution in [1.29, 1.82) is 0 Å². The van der Waals surface area contributed by atoms with Gasteiger partial charge in [-0.05, 0) is 12.1 Å². The van der Waals surface area contributed by atoms with Gasteiger partial charge in [0.05, 0.1) is 6.54 Å². The summed E-state index contributed by atoms with van der Waals surface area (Å²) in [5.74, 6) is 0.302. The molecule has 0 aliphatic heterocycles. The lowest BCUT2D eigenvalue weighted by Crippen LogP contribution is -2.35. The molecule has 0 aliphatic rings. The van der Waals surface area contributed by atoms with E-state index in [1.54, 1.807) is 12.1 Å². The third-order valence-corrected chi connectivity index (χ3v) is 1.52. The highest BCUT2D eigenvalue weighted by Crippen LogP contribution is 2.19. The first kappa shape index (κ1) is 10.8. The molecule has 0 fully saturated rings. The van der Waals surface area contributed by atoms with E-state index < -0.39 is 18.8 Å². The van der Waals surface area contributed by atoms with Crippen LogP contribution in [0.5, 0.6) is 0 Å². The Morgan fingerprint density at radius 3 is 2.64 bits per heavy atom. The molecule has 78 valence electrons. The number of rotatable bonds is 3. The van der Waals surface area contributed by atoms with Gasteiger partial charge >= 0.3 is 6.18 Å². The highest BCUT2D eigenvalue weighted by molar-refractivity contribution is 5.33. The largest absolute Gasteiger partial charge is 0.416 e. The number of hydrogen-bond acceptors (Lipinski definition) is 3. The van der Waals surface area contributed by atoms with Gasteiger partial charge in [-0.2, -0.15) is 13.2 Å². The summed E-state index contributed by atoms with van der Waals surface area (Å²) in [5, 5.41) is 11.0. The van der Waals surface area contributed by atoms with Gasteiger partial charge in [0.1, 0.15) is 5.82 Å². The maximum Gasteiger partial charge on any atom is 0.416 e. The number of aromatic nitrogens is 1. The molecule has 6 heteroatoms. The summed E-state index contributed by atoms with van der Waals surface area (Å²) >= 11 is 0. The molecule has 0 radical (unpaired) electrons. The fourth-order valence-electron chi connectivity index (χ4n) is 0.784. The predicted octanol–water partition coefficient (Wildman–Crippen LogP) is 1.42. The van der Waals surface area contributed by atoms with Crippen LogP contribution in [0, 0.1) is 0 Å². The van der Waals surface area contributed by atoms with E-state index in [0.29, 0.717) is 5.82 Å². The van der Waals surface area contributed by atoms with E-state index in [2.05, 4.69) is 10.3 Å². The number of alkyl halides is 3. The molecule has 0 saturated carbocycles. The van der Waals surface area contributed by atoms with Gasteiger partial charge in [0.15, 0.2) is 6.10 Å². The molecule has 0 amide bonds. The van der Waals surface area contributed by atoms with Gasteiger partial charge in [-0.3, -0.25) is 0 Å². The second kappa shape index (κ2) is 4.28. The van der Waals surface area contributed by atoms with E-state index in [9.17, 15) is 13.2 Å². The van der Waals surface area contributed by atoms with Gasteiger partial charge in [-0.15, -0.1) is 0 Å². The highest BCUT2D eigenvalue weighted by atomic mass is 19.4. The van der Waals surface area contributed by atoms with Crippen LogP contribution < -0.4 is 5.32 Å². The summed E-state index contributed by atoms with van der Waals surface area (Å²) in [5.41, 5.74) is 0. The molecule has 1 aromatic heterocycles. The quantitative estimate of drug-likeness (QED) is 0.786. The Hall–Kier alpha value is -1.30. The maximum atomic E-state index is 11.8. The molecule has 0 bridgehead atoms. The fraction of sp³-hybridized carbons (Fsp3) is 0.375. The van der Waals surface area contributed by atoms with Gasteiger partial charge in [0, 0.05) is 6.20 Å². The second-order valence-electron chi connectivity index (χ2n) is 2.65. The van der Waals surface area contributed by atoms with Crippen LogP contribution in [-0.2, 0) is 0 Å². The SMILES string of the molecule is OC(CNc1ccccn1)C(F)(F)F. The van der Waals surface area contributed by atoms with Crippen LogP contribution in [0.3, 0.4) is 0 Å². The number of anilines is 1. The number of nitrogens with zero attached hydrogens (tertiary/aromatic N) is 1. The maximum absolute atomic E-state index is 11.8. The van der Waals surface area contributed by atoms with E-state index in [1.165, 1.54) is 12.3 Å². The van der Waals surface area contributed by atoms with Crippen molar-refractivity contribution in [3.05, 3.63) is 24.4 Å². The van der Waals surface area contributed by atoms with Crippen LogP contribution >= 0.6 is 0 Å². The molecular formula is C8H9F3N2O. The van der Waals surface area contributed by atoms with Crippen molar-refractivity contribution in [2.45, 2.75) is 12.3 Å². The van der Waals surface area contributed by atoms with Crippen molar-refractivity contribution in [2.24, 2.45) is 0 Å². The molecule has 1 unspecified atom stereocenters. The minimum absolute atomic E-state index is 0.302. The number of halogens is 3. The first-order chi connectivity index (χ1) is 6.50. The van der Waals surface area contributed by atoms with Gasteiger partial charge in [-0.25, -0.2) is 4.98 Å². The van der Waals surface area contributed by atoms with Crippen LogP contribution in [0.4, 0.5) is 19.0 Å². The van der Waals surface area contributed by atoms with Gasteiger partial charge in [0.2, 0.25) is 0 Å². The van der Waals surface area contributed by atoms with Gasteiger partial charge in [0.25, 0.3) is 0 Å². The Bertz CT molecular complexity index is 276. The third-order valence-electron chi connectivity index (χ3n) is 1.52. The molecular weight excluding hydrogens is 197 g/mol. The zero-order chi connectivity index (χ0) is 10.6. The monoisotopic (exact) mass is 206 g/mol. The average molecular weight is 206 g/mol. The standard InChI is InChI=1S/C8H9F3N2O/c9-8(10,11)6(14)5-13-7-3-1-2-4-12-7/h1-4,6,14H,5H2,(H,12,13). The van der Waals surface area contributed by atoms with Gasteiger partial charge in [-0.1, -0.05) is 6.07 Å². The highest BCUT2D eigenvalue weighted by Gasteiger charge is 2.37. The minimum Gasteiger partial charge on any atom is -0.382 e. The first-order valence-electron chi connectivity index (χ1n) is 3.90. The lowest BCUT2D eigenvalue weighted by Gasteiger charge is -2.14. The molecule has 1 heterocycles. The van der Waals surface area contributed by atoms with Crippen LogP contribution in [-0.4, -0.2) is 28.9 Å². The summed E-state index contributed by atoms with van der Waals surface area (Å²) in [7, 11) is 0. The third kappa shape index (κ3) is 3.21. The molecule has 1 rings (SSSR count). The Balaban J connectivity index is 2.42. The lowest BCUT2D eigenvalue weighted by atomic mass is 10.3. The fourth-order valence-corrected chi connectivity index (χ4v) is 0.784. The van der Waals surface area contributed by atoms with Crippen molar-refractivity contribution >= 4 is 5.82 Å². The molecule has 14 heavy (non-hydrogen) atoms. The van der Waals surface area contributed by atoms with Crippen LogP contribution in [0.2, 0.25) is 0 Å². The zero-order valence-corrected chi connectivity index (χ0v) is 7.12. The summed E-state index contributed by atoms with van der Waals surface area (Å²) < 4.78 is 35.5. The topological polar surface area (TPSA) is 45.1 Å². The summed E-state index contributed by atoms with van der Waals surface area (Å²) in [6.07, 6.45) is -5.52. The first-order valence-corrected chi connectivity index (χ1v) is 3.90. The number of hydrogen-bond donors (Lipinski definition) is 2. The normalized spacial score (nSPS) is 13.7. The molecule has 1 atom stereocenters. The van der Waals surface area contributed by atoms with E-state index in [4.69, 9.17) is 5.11 Å². The van der Waals surface area contributed by atoms with Crippen molar-refractivity contribution in [3.8, 4) is 0 Å². The zero-order valence-electron chi connectivity index (χ0n) is 7.12. The Kier molecular flexibility index (Phi) is 3.29. The molecule has 2 N–H and O–H groups in total. The number of nitrogens with one attached hydrogen (secondary N) is 1. The molecule has 0 aromatic carbocycles. The molecule has 1 aromatic rings. The summed E-state index contributed by atoms with van der Waals surface area (Å²) in [6.45, 7) is -0.597. The Morgan fingerprint density at radius 2 is 2.14 bits per heavy atom. The Morgan fingerprint density at radius 1 is 1.43 bits per heavy atom. The number of aliphatic hydroxyl groups excluding tert-OH is 1. The summed E-state index contributed by atoms with van der Waals surface area (Å²) in [6, 6.07) is 4.80. The smallest absolute Gasteiger partial charge is 0.382 e. The van der Waals surface area contributed by atoms with E-state index in [-0.39, 0.29) is 0 Å². The van der Waals surface area contributed by atoms with Crippen LogP contribution in [0.1, 0.15) is 0 Å². The van der Waals surface area contributed by atoms with E-state index in [1.807, 2.05) is 0 Å². The molecule has 3 nitrogen and oxygen atoms in total. The van der Waals surface area contributed by atoms with Crippen molar-refractivity contribution in [1.82, 2.24) is 4.98 Å².